The molecule has 2 aromatic carbocycles. The summed E-state index contributed by atoms with van der Waals surface area (Å²) in [6, 6.07) is 11.3. The molecule has 1 N–H and O–H groups in total. The van der Waals surface area contributed by atoms with E-state index in [1.165, 1.54) is 19.1 Å². The van der Waals surface area contributed by atoms with E-state index >= 15 is 0 Å². The van der Waals surface area contributed by atoms with E-state index in [4.69, 9.17) is 9.47 Å². The molecule has 0 aliphatic carbocycles. The summed E-state index contributed by atoms with van der Waals surface area (Å²) in [7, 11) is 0. The lowest BCUT2D eigenvalue weighted by molar-refractivity contribution is -0.149. The molecule has 0 saturated heterocycles. The van der Waals surface area contributed by atoms with Gasteiger partial charge < -0.3 is 14.8 Å². The Morgan fingerprint density at radius 2 is 1.89 bits per heavy atom. The van der Waals surface area contributed by atoms with Crippen molar-refractivity contribution in [3.8, 4) is 5.75 Å². The molecule has 1 amide bonds. The number of carbonyl (C=O) groups excluding carboxylic acids is 2. The minimum absolute atomic E-state index is 0.00217. The summed E-state index contributed by atoms with van der Waals surface area (Å²) in [5, 5.41) is 2.31. The van der Waals surface area contributed by atoms with Crippen molar-refractivity contribution in [3.05, 3.63) is 65.2 Å². The number of hydrogen-bond donors (Lipinski definition) is 1. The van der Waals surface area contributed by atoms with Crippen molar-refractivity contribution in [1.82, 2.24) is 0 Å². The van der Waals surface area contributed by atoms with Crippen LogP contribution < -0.4 is 10.1 Å². The average Bonchev–Trinajstić information content (AvgIpc) is 2.67. The Morgan fingerprint density at radius 1 is 1.14 bits per heavy atom. The van der Waals surface area contributed by atoms with Crippen molar-refractivity contribution in [1.29, 1.82) is 0 Å². The summed E-state index contributed by atoms with van der Waals surface area (Å²) < 4.78 is 48.8. The van der Waals surface area contributed by atoms with Crippen LogP contribution >= 0.6 is 0 Å². The van der Waals surface area contributed by atoms with Crippen molar-refractivity contribution in [2.24, 2.45) is 0 Å². The first kappa shape index (κ1) is 19.5. The molecule has 0 spiro atoms. The number of fused-ring (bicyclic) bond motifs is 1. The monoisotopic (exact) mass is 391 g/mol. The lowest BCUT2D eigenvalue weighted by Crippen LogP contribution is -2.31. The number of amides is 1. The van der Waals surface area contributed by atoms with Crippen molar-refractivity contribution in [3.63, 3.8) is 0 Å². The Kier molecular flexibility index (Phi) is 5.39. The molecular formula is C20H16F3NO4. The van der Waals surface area contributed by atoms with Gasteiger partial charge in [-0.2, -0.15) is 13.2 Å². The fourth-order valence-electron chi connectivity index (χ4n) is 2.54. The van der Waals surface area contributed by atoms with E-state index in [1.807, 2.05) is 0 Å². The number of carbonyl (C=O) groups is 2. The maximum atomic E-state index is 12.7. The molecule has 5 nitrogen and oxygen atoms in total. The molecule has 28 heavy (non-hydrogen) atoms. The van der Waals surface area contributed by atoms with Crippen molar-refractivity contribution < 1.29 is 32.2 Å². The summed E-state index contributed by atoms with van der Waals surface area (Å²) in [6.07, 6.45) is -4.12. The zero-order valence-electron chi connectivity index (χ0n) is 14.7. The van der Waals surface area contributed by atoms with Crippen LogP contribution in [0.25, 0.3) is 6.08 Å². The third-order valence-electron chi connectivity index (χ3n) is 4.00. The smallest absolute Gasteiger partial charge is 0.416 e. The standard InChI is InChI=1S/C20H16F3NO4/c1-12(18(25)24-16-7-4-6-15(10-16)20(21,22)23)28-19(26)14-9-13-5-2-3-8-17(13)27-11-14/h2-10,12H,11H2,1H3,(H,24,25)/t12-/m1/s1. The molecule has 0 aromatic heterocycles. The molecule has 8 heteroatoms. The van der Waals surface area contributed by atoms with Crippen LogP contribution in [-0.4, -0.2) is 24.6 Å². The molecule has 146 valence electrons. The number of rotatable bonds is 4. The third kappa shape index (κ3) is 4.51. The number of para-hydroxylation sites is 1. The number of alkyl halides is 3. The van der Waals surface area contributed by atoms with E-state index in [9.17, 15) is 22.8 Å². The second-order valence-corrected chi connectivity index (χ2v) is 6.11. The summed E-state index contributed by atoms with van der Waals surface area (Å²) >= 11 is 0. The molecule has 0 fully saturated rings. The average molecular weight is 391 g/mol. The molecule has 0 saturated carbocycles. The molecule has 1 aliphatic rings. The number of nitrogens with one attached hydrogen (secondary N) is 1. The lowest BCUT2D eigenvalue weighted by atomic mass is 10.1. The van der Waals surface area contributed by atoms with Crippen LogP contribution in [0.1, 0.15) is 18.1 Å². The van der Waals surface area contributed by atoms with Crippen LogP contribution in [0.3, 0.4) is 0 Å². The topological polar surface area (TPSA) is 64.6 Å². The van der Waals surface area contributed by atoms with Crippen LogP contribution in [0, 0.1) is 0 Å². The zero-order chi connectivity index (χ0) is 20.3. The fraction of sp³-hybridized carbons (Fsp3) is 0.200. The highest BCUT2D eigenvalue weighted by molar-refractivity contribution is 5.99. The van der Waals surface area contributed by atoms with Gasteiger partial charge in [-0.05, 0) is 37.3 Å². The molecule has 0 radical (unpaired) electrons. The number of benzene rings is 2. The Labute approximate surface area is 158 Å². The van der Waals surface area contributed by atoms with Crippen molar-refractivity contribution in [2.45, 2.75) is 19.2 Å². The van der Waals surface area contributed by atoms with Crippen molar-refractivity contribution >= 4 is 23.6 Å². The summed E-state index contributed by atoms with van der Waals surface area (Å²) in [4.78, 5) is 24.4. The Morgan fingerprint density at radius 3 is 2.64 bits per heavy atom. The first-order valence-electron chi connectivity index (χ1n) is 8.35. The predicted octanol–water partition coefficient (Wildman–Crippen LogP) is 4.05. The number of ether oxygens (including phenoxy) is 2. The van der Waals surface area contributed by atoms with Crippen LogP contribution in [0.5, 0.6) is 5.75 Å². The first-order valence-corrected chi connectivity index (χ1v) is 8.35. The first-order chi connectivity index (χ1) is 13.2. The SMILES string of the molecule is C[C@@H](OC(=O)C1=Cc2ccccc2OC1)C(=O)Nc1cccc(C(F)(F)F)c1. The van der Waals surface area contributed by atoms with Gasteiger partial charge in [0.2, 0.25) is 0 Å². The summed E-state index contributed by atoms with van der Waals surface area (Å²) in [5.41, 5.74) is 0.00850. The number of halogens is 3. The summed E-state index contributed by atoms with van der Waals surface area (Å²) in [6.45, 7) is 1.33. The predicted molar refractivity (Wildman–Crippen MR) is 95.5 cm³/mol. The lowest BCUT2D eigenvalue weighted by Gasteiger charge is -2.19. The van der Waals surface area contributed by atoms with Gasteiger partial charge in [0, 0.05) is 11.3 Å². The highest BCUT2D eigenvalue weighted by atomic mass is 19.4. The van der Waals surface area contributed by atoms with Gasteiger partial charge in [-0.1, -0.05) is 24.3 Å². The minimum Gasteiger partial charge on any atom is -0.488 e. The quantitative estimate of drug-likeness (QED) is 0.799. The third-order valence-corrected chi connectivity index (χ3v) is 4.00. The van der Waals surface area contributed by atoms with Crippen LogP contribution in [-0.2, 0) is 20.5 Å². The zero-order valence-corrected chi connectivity index (χ0v) is 14.7. The van der Waals surface area contributed by atoms with E-state index < -0.39 is 29.7 Å². The van der Waals surface area contributed by atoms with Gasteiger partial charge in [-0.25, -0.2) is 4.79 Å². The van der Waals surface area contributed by atoms with Gasteiger partial charge in [0.25, 0.3) is 5.91 Å². The Bertz CT molecular complexity index is 937. The molecule has 1 aliphatic heterocycles. The van der Waals surface area contributed by atoms with Crippen molar-refractivity contribution in [2.75, 3.05) is 11.9 Å². The van der Waals surface area contributed by atoms with Gasteiger partial charge in [0.1, 0.15) is 12.4 Å². The van der Waals surface area contributed by atoms with E-state index in [0.29, 0.717) is 11.3 Å². The van der Waals surface area contributed by atoms with Gasteiger partial charge in [0.05, 0.1) is 11.1 Å². The molecule has 0 bridgehead atoms. The number of esters is 1. The molecule has 1 atom stereocenters. The van der Waals surface area contributed by atoms with Crippen LogP contribution in [0.4, 0.5) is 18.9 Å². The van der Waals surface area contributed by atoms with Crippen LogP contribution in [0.15, 0.2) is 54.1 Å². The van der Waals surface area contributed by atoms with Gasteiger partial charge >= 0.3 is 12.1 Å². The molecular weight excluding hydrogens is 375 g/mol. The van der Waals surface area contributed by atoms with Crippen LogP contribution in [0.2, 0.25) is 0 Å². The van der Waals surface area contributed by atoms with Gasteiger partial charge in [-0.3, -0.25) is 4.79 Å². The largest absolute Gasteiger partial charge is 0.488 e. The maximum absolute atomic E-state index is 12.7. The van der Waals surface area contributed by atoms with E-state index in [1.54, 1.807) is 30.3 Å². The highest BCUT2D eigenvalue weighted by Crippen LogP contribution is 2.31. The van der Waals surface area contributed by atoms with E-state index in [2.05, 4.69) is 5.32 Å². The Hall–Kier alpha value is -3.29. The maximum Gasteiger partial charge on any atom is 0.416 e. The molecule has 3 rings (SSSR count). The highest BCUT2D eigenvalue weighted by Gasteiger charge is 2.31. The summed E-state index contributed by atoms with van der Waals surface area (Å²) in [5.74, 6) is -0.846. The number of anilines is 1. The second kappa shape index (κ2) is 7.75. The minimum atomic E-state index is -4.53. The second-order valence-electron chi connectivity index (χ2n) is 6.11. The molecule has 1 heterocycles. The Balaban J connectivity index is 1.63. The van der Waals surface area contributed by atoms with E-state index in [0.717, 1.165) is 12.1 Å². The fourth-order valence-corrected chi connectivity index (χ4v) is 2.54. The van der Waals surface area contributed by atoms with Gasteiger partial charge in [0.15, 0.2) is 6.10 Å². The van der Waals surface area contributed by atoms with E-state index in [-0.39, 0.29) is 17.9 Å². The molecule has 0 unspecified atom stereocenters. The molecule has 2 aromatic rings. The van der Waals surface area contributed by atoms with Gasteiger partial charge in [-0.15, -0.1) is 0 Å². The number of hydrogen-bond acceptors (Lipinski definition) is 4. The normalized spacial score (nSPS) is 14.2.